The van der Waals surface area contributed by atoms with Crippen LogP contribution in [-0.2, 0) is 0 Å². The molecule has 0 atom stereocenters. The summed E-state index contributed by atoms with van der Waals surface area (Å²) in [4.78, 5) is 21.2. The van der Waals surface area contributed by atoms with Crippen molar-refractivity contribution in [1.82, 2.24) is 0 Å². The Bertz CT molecular complexity index is 683. The van der Waals surface area contributed by atoms with E-state index in [4.69, 9.17) is 28.4 Å². The van der Waals surface area contributed by atoms with E-state index in [2.05, 4.69) is 0 Å². The predicted molar refractivity (Wildman–Crippen MR) is 103 cm³/mol. The van der Waals surface area contributed by atoms with Crippen molar-refractivity contribution in [2.75, 3.05) is 42.7 Å². The SMILES string of the molecule is COc1cc(C=O)cc(OC)c1OC.COc1cc(C=O)cc(OC)c1OC. The fourth-order valence-corrected chi connectivity index (χ4v) is 2.34. The first-order chi connectivity index (χ1) is 13.5. The standard InChI is InChI=1S/2C10H12O4/c2*1-12-8-4-7(6-11)5-9(13-2)10(8)14-3/h2*4-6H,1-3H3. The largest absolute Gasteiger partial charge is 0.493 e. The van der Waals surface area contributed by atoms with Crippen molar-refractivity contribution in [3.63, 3.8) is 0 Å². The van der Waals surface area contributed by atoms with E-state index in [-0.39, 0.29) is 0 Å². The lowest BCUT2D eigenvalue weighted by molar-refractivity contribution is 0.111. The maximum Gasteiger partial charge on any atom is 0.203 e. The van der Waals surface area contributed by atoms with Gasteiger partial charge in [-0.05, 0) is 24.3 Å². The molecule has 0 unspecified atom stereocenters. The molecule has 0 aromatic heterocycles. The average molecular weight is 392 g/mol. The third-order valence-electron chi connectivity index (χ3n) is 3.65. The number of rotatable bonds is 8. The van der Waals surface area contributed by atoms with Gasteiger partial charge in [0, 0.05) is 11.1 Å². The zero-order chi connectivity index (χ0) is 21.1. The van der Waals surface area contributed by atoms with Gasteiger partial charge in [0.15, 0.2) is 23.0 Å². The van der Waals surface area contributed by atoms with Crippen molar-refractivity contribution in [3.05, 3.63) is 35.4 Å². The highest BCUT2D eigenvalue weighted by Crippen LogP contribution is 2.38. The molecule has 0 N–H and O–H groups in total. The minimum Gasteiger partial charge on any atom is -0.493 e. The number of aldehydes is 2. The van der Waals surface area contributed by atoms with E-state index in [1.165, 1.54) is 42.7 Å². The number of carbonyl (C=O) groups is 2. The first kappa shape index (κ1) is 22.6. The number of hydrogen-bond donors (Lipinski definition) is 0. The van der Waals surface area contributed by atoms with E-state index in [1.54, 1.807) is 24.3 Å². The molecule has 0 aliphatic heterocycles. The molecule has 28 heavy (non-hydrogen) atoms. The third-order valence-corrected chi connectivity index (χ3v) is 3.65. The van der Waals surface area contributed by atoms with Crippen LogP contribution < -0.4 is 28.4 Å². The van der Waals surface area contributed by atoms with Gasteiger partial charge in [0.05, 0.1) is 42.7 Å². The minimum atomic E-state index is 0.481. The van der Waals surface area contributed by atoms with E-state index in [0.29, 0.717) is 45.6 Å². The highest BCUT2D eigenvalue weighted by Gasteiger charge is 2.13. The summed E-state index contributed by atoms with van der Waals surface area (Å²) in [6, 6.07) is 6.37. The van der Waals surface area contributed by atoms with Crippen molar-refractivity contribution in [1.29, 1.82) is 0 Å². The molecule has 2 rings (SSSR count). The second-order valence-corrected chi connectivity index (χ2v) is 5.15. The fourth-order valence-electron chi connectivity index (χ4n) is 2.34. The maximum atomic E-state index is 10.6. The lowest BCUT2D eigenvalue weighted by Crippen LogP contribution is -1.96. The second kappa shape index (κ2) is 11.3. The highest BCUT2D eigenvalue weighted by atomic mass is 16.5. The molecule has 2 aromatic carbocycles. The Morgan fingerprint density at radius 2 is 0.750 bits per heavy atom. The van der Waals surface area contributed by atoms with Gasteiger partial charge in [0.2, 0.25) is 11.5 Å². The van der Waals surface area contributed by atoms with Crippen molar-refractivity contribution >= 4 is 12.6 Å². The second-order valence-electron chi connectivity index (χ2n) is 5.15. The summed E-state index contributed by atoms with van der Waals surface area (Å²) in [6.45, 7) is 0. The summed E-state index contributed by atoms with van der Waals surface area (Å²) in [5, 5.41) is 0. The first-order valence-corrected chi connectivity index (χ1v) is 8.03. The van der Waals surface area contributed by atoms with Gasteiger partial charge in [0.1, 0.15) is 12.6 Å². The van der Waals surface area contributed by atoms with Crippen molar-refractivity contribution < 1.29 is 38.0 Å². The summed E-state index contributed by atoms with van der Waals surface area (Å²) in [5.41, 5.74) is 0.971. The van der Waals surface area contributed by atoms with Gasteiger partial charge in [-0.15, -0.1) is 0 Å². The predicted octanol–water partition coefficient (Wildman–Crippen LogP) is 3.05. The summed E-state index contributed by atoms with van der Waals surface area (Å²) < 4.78 is 30.4. The van der Waals surface area contributed by atoms with Gasteiger partial charge in [0.25, 0.3) is 0 Å². The molecule has 152 valence electrons. The molecule has 0 aliphatic rings. The zero-order valence-electron chi connectivity index (χ0n) is 16.7. The Labute approximate surface area is 163 Å². The van der Waals surface area contributed by atoms with Crippen LogP contribution >= 0.6 is 0 Å². The van der Waals surface area contributed by atoms with Gasteiger partial charge >= 0.3 is 0 Å². The Balaban J connectivity index is 0.000000280. The number of hydrogen-bond acceptors (Lipinski definition) is 8. The van der Waals surface area contributed by atoms with E-state index in [9.17, 15) is 9.59 Å². The van der Waals surface area contributed by atoms with E-state index >= 15 is 0 Å². The minimum absolute atomic E-state index is 0.481. The smallest absolute Gasteiger partial charge is 0.203 e. The molecule has 0 heterocycles. The fraction of sp³-hybridized carbons (Fsp3) is 0.300. The zero-order valence-corrected chi connectivity index (χ0v) is 16.7. The quantitative estimate of drug-likeness (QED) is 0.633. The maximum absolute atomic E-state index is 10.6. The number of benzene rings is 2. The molecule has 0 spiro atoms. The van der Waals surface area contributed by atoms with Crippen LogP contribution in [0, 0.1) is 0 Å². The number of carbonyl (C=O) groups excluding carboxylic acids is 2. The van der Waals surface area contributed by atoms with Crippen molar-refractivity contribution in [3.8, 4) is 34.5 Å². The first-order valence-electron chi connectivity index (χ1n) is 8.03. The van der Waals surface area contributed by atoms with Crippen LogP contribution in [0.15, 0.2) is 24.3 Å². The molecule has 8 nitrogen and oxygen atoms in total. The van der Waals surface area contributed by atoms with Gasteiger partial charge in [-0.2, -0.15) is 0 Å². The third kappa shape index (κ3) is 5.29. The van der Waals surface area contributed by atoms with Gasteiger partial charge in [-0.25, -0.2) is 0 Å². The molecule has 2 aromatic rings. The normalized spacial score (nSPS) is 9.36. The van der Waals surface area contributed by atoms with Gasteiger partial charge < -0.3 is 28.4 Å². The molecule has 0 amide bonds. The van der Waals surface area contributed by atoms with Crippen LogP contribution in [0.2, 0.25) is 0 Å². The molecule has 8 heteroatoms. The molecular weight excluding hydrogens is 368 g/mol. The average Bonchev–Trinajstić information content (AvgIpc) is 2.76. The van der Waals surface area contributed by atoms with Crippen LogP contribution in [0.5, 0.6) is 34.5 Å². The van der Waals surface area contributed by atoms with Crippen LogP contribution in [0.3, 0.4) is 0 Å². The lowest BCUT2D eigenvalue weighted by Gasteiger charge is -2.11. The van der Waals surface area contributed by atoms with Crippen LogP contribution in [-0.4, -0.2) is 55.2 Å². The van der Waals surface area contributed by atoms with E-state index in [1.807, 2.05) is 0 Å². The van der Waals surface area contributed by atoms with E-state index in [0.717, 1.165) is 12.6 Å². The van der Waals surface area contributed by atoms with Crippen LogP contribution in [0.1, 0.15) is 20.7 Å². The molecule has 0 bridgehead atoms. The van der Waals surface area contributed by atoms with E-state index < -0.39 is 0 Å². The molecule has 0 fully saturated rings. The Morgan fingerprint density at radius 3 is 0.893 bits per heavy atom. The number of methoxy groups -OCH3 is 6. The van der Waals surface area contributed by atoms with Crippen LogP contribution in [0.4, 0.5) is 0 Å². The van der Waals surface area contributed by atoms with Crippen molar-refractivity contribution in [2.24, 2.45) is 0 Å². The molecule has 0 radical (unpaired) electrons. The summed E-state index contributed by atoms with van der Waals surface area (Å²) >= 11 is 0. The Hall–Kier alpha value is -3.42. The van der Waals surface area contributed by atoms with Gasteiger partial charge in [-0.3, -0.25) is 9.59 Å². The monoisotopic (exact) mass is 392 g/mol. The summed E-state index contributed by atoms with van der Waals surface area (Å²) in [5.74, 6) is 2.90. The van der Waals surface area contributed by atoms with Gasteiger partial charge in [-0.1, -0.05) is 0 Å². The molecular formula is C20H24O8. The molecule has 0 saturated heterocycles. The highest BCUT2D eigenvalue weighted by molar-refractivity contribution is 5.79. The number of ether oxygens (including phenoxy) is 6. The van der Waals surface area contributed by atoms with Crippen LogP contribution in [0.25, 0.3) is 0 Å². The van der Waals surface area contributed by atoms with Crippen molar-refractivity contribution in [2.45, 2.75) is 0 Å². The molecule has 0 aliphatic carbocycles. The summed E-state index contributed by atoms with van der Waals surface area (Å²) in [7, 11) is 9.05. The Kier molecular flexibility index (Phi) is 9.15. The Morgan fingerprint density at radius 1 is 0.500 bits per heavy atom. The molecule has 0 saturated carbocycles. The topological polar surface area (TPSA) is 89.5 Å². The lowest BCUT2D eigenvalue weighted by atomic mass is 10.2. The summed E-state index contributed by atoms with van der Waals surface area (Å²) in [6.07, 6.45) is 1.45.